The molecule has 0 aliphatic carbocycles. The number of aromatic nitrogens is 2. The van der Waals surface area contributed by atoms with Crippen LogP contribution in [0.2, 0.25) is 10.0 Å². The van der Waals surface area contributed by atoms with E-state index in [0.717, 1.165) is 0 Å². The fraction of sp³-hybridized carbons (Fsp3) is 0.286. The number of esters is 1. The minimum Gasteiger partial charge on any atom is -0.465 e. The highest BCUT2D eigenvalue weighted by molar-refractivity contribution is 8.01. The van der Waals surface area contributed by atoms with Gasteiger partial charge in [0.15, 0.2) is 4.34 Å². The summed E-state index contributed by atoms with van der Waals surface area (Å²) in [6.45, 7) is 2.08. The Kier molecular flexibility index (Phi) is 7.29. The van der Waals surface area contributed by atoms with Crippen LogP contribution >= 0.6 is 46.3 Å². The molecule has 0 saturated carbocycles. The fourth-order valence-corrected chi connectivity index (χ4v) is 3.68. The third-order valence-corrected chi connectivity index (χ3v) is 5.17. The second kappa shape index (κ2) is 9.22. The molecule has 0 atom stereocenters. The van der Waals surface area contributed by atoms with Crippen molar-refractivity contribution in [3.05, 3.63) is 33.8 Å². The van der Waals surface area contributed by atoms with Crippen LogP contribution in [0.3, 0.4) is 0 Å². The molecule has 10 heteroatoms. The number of carbonyl (C=O) groups excluding carboxylic acids is 2. The predicted molar refractivity (Wildman–Crippen MR) is 96.1 cm³/mol. The molecule has 2 aromatic rings. The molecule has 0 unspecified atom stereocenters. The third kappa shape index (κ3) is 5.94. The Morgan fingerprint density at radius 3 is 2.83 bits per heavy atom. The van der Waals surface area contributed by atoms with Gasteiger partial charge in [-0.1, -0.05) is 52.4 Å². The molecule has 1 aromatic heterocycles. The van der Waals surface area contributed by atoms with Crippen LogP contribution in [-0.2, 0) is 20.7 Å². The number of nitrogens with one attached hydrogen (secondary N) is 1. The molecule has 24 heavy (non-hydrogen) atoms. The fourth-order valence-electron chi connectivity index (χ4n) is 1.64. The van der Waals surface area contributed by atoms with Crippen molar-refractivity contribution in [2.24, 2.45) is 0 Å². The van der Waals surface area contributed by atoms with Crippen molar-refractivity contribution in [1.29, 1.82) is 0 Å². The van der Waals surface area contributed by atoms with E-state index >= 15 is 0 Å². The van der Waals surface area contributed by atoms with Crippen molar-refractivity contribution >= 4 is 63.3 Å². The number of anilines is 1. The minimum atomic E-state index is -0.319. The highest BCUT2D eigenvalue weighted by Crippen LogP contribution is 2.26. The Hall–Kier alpha value is -1.35. The number of hydrogen-bond donors (Lipinski definition) is 1. The monoisotopic (exact) mass is 405 g/mol. The second-order valence-electron chi connectivity index (χ2n) is 4.43. The van der Waals surface area contributed by atoms with Crippen LogP contribution in [0.25, 0.3) is 0 Å². The maximum Gasteiger partial charge on any atom is 0.316 e. The van der Waals surface area contributed by atoms with Crippen LogP contribution in [0.15, 0.2) is 22.5 Å². The summed E-state index contributed by atoms with van der Waals surface area (Å²) in [6, 6.07) is 4.96. The first-order chi connectivity index (χ1) is 11.5. The lowest BCUT2D eigenvalue weighted by Crippen LogP contribution is -2.14. The summed E-state index contributed by atoms with van der Waals surface area (Å²) in [4.78, 5) is 23.3. The average molecular weight is 406 g/mol. The van der Waals surface area contributed by atoms with Crippen LogP contribution < -0.4 is 5.32 Å². The van der Waals surface area contributed by atoms with E-state index in [1.54, 1.807) is 25.1 Å². The van der Waals surface area contributed by atoms with Crippen molar-refractivity contribution < 1.29 is 14.3 Å². The zero-order valence-electron chi connectivity index (χ0n) is 12.5. The summed E-state index contributed by atoms with van der Waals surface area (Å²) in [7, 11) is 0. The zero-order chi connectivity index (χ0) is 17.5. The number of carbonyl (C=O) groups is 2. The number of halogens is 2. The van der Waals surface area contributed by atoms with Crippen LogP contribution in [0.4, 0.5) is 5.13 Å². The number of nitrogens with zero attached hydrogens (tertiary/aromatic N) is 2. The smallest absolute Gasteiger partial charge is 0.316 e. The Bertz CT molecular complexity index is 740. The lowest BCUT2D eigenvalue weighted by molar-refractivity contribution is -0.139. The second-order valence-corrected chi connectivity index (χ2v) is 7.47. The molecule has 0 spiro atoms. The van der Waals surface area contributed by atoms with Crippen LogP contribution in [-0.4, -0.2) is 34.4 Å². The van der Waals surface area contributed by atoms with Gasteiger partial charge in [0.1, 0.15) is 0 Å². The highest BCUT2D eigenvalue weighted by atomic mass is 35.5. The summed E-state index contributed by atoms with van der Waals surface area (Å²) in [5.41, 5.74) is 0.667. The zero-order valence-corrected chi connectivity index (χ0v) is 15.7. The van der Waals surface area contributed by atoms with E-state index in [-0.39, 0.29) is 24.1 Å². The van der Waals surface area contributed by atoms with Crippen molar-refractivity contribution in [3.63, 3.8) is 0 Å². The molecule has 1 aromatic carbocycles. The maximum atomic E-state index is 12.0. The van der Waals surface area contributed by atoms with E-state index in [4.69, 9.17) is 27.9 Å². The lowest BCUT2D eigenvalue weighted by Gasteiger charge is -2.04. The first-order valence-corrected chi connectivity index (χ1v) is 9.39. The van der Waals surface area contributed by atoms with E-state index in [9.17, 15) is 9.59 Å². The van der Waals surface area contributed by atoms with Gasteiger partial charge in [-0.25, -0.2) is 0 Å². The van der Waals surface area contributed by atoms with Gasteiger partial charge in [-0.2, -0.15) is 0 Å². The molecule has 128 valence electrons. The number of hydrogen-bond acceptors (Lipinski definition) is 7. The van der Waals surface area contributed by atoms with Crippen molar-refractivity contribution in [1.82, 2.24) is 10.2 Å². The highest BCUT2D eigenvalue weighted by Gasteiger charge is 2.12. The normalized spacial score (nSPS) is 10.5. The summed E-state index contributed by atoms with van der Waals surface area (Å²) in [5.74, 6) is -0.436. The Balaban J connectivity index is 1.87. The standard InChI is InChI=1S/C14H13Cl2N3O3S2/c1-2-22-12(21)7-23-14-19-18-13(24-14)17-11(20)5-8-3-4-9(15)6-10(8)16/h3-4,6H,2,5,7H2,1H3,(H,17,18,20). The van der Waals surface area contributed by atoms with E-state index in [0.29, 0.717) is 31.7 Å². The van der Waals surface area contributed by atoms with Crippen molar-refractivity contribution in [2.45, 2.75) is 17.7 Å². The molecule has 0 radical (unpaired) electrons. The van der Waals surface area contributed by atoms with Gasteiger partial charge in [-0.05, 0) is 24.6 Å². The Morgan fingerprint density at radius 1 is 1.33 bits per heavy atom. The number of thioether (sulfide) groups is 1. The van der Waals surface area contributed by atoms with Gasteiger partial charge in [0.2, 0.25) is 11.0 Å². The molecular formula is C14H13Cl2N3O3S2. The summed E-state index contributed by atoms with van der Waals surface area (Å²) in [5, 5.41) is 11.7. The molecule has 0 aliphatic heterocycles. The molecule has 1 heterocycles. The van der Waals surface area contributed by atoms with Gasteiger partial charge in [0, 0.05) is 10.0 Å². The minimum absolute atomic E-state index is 0.0981. The van der Waals surface area contributed by atoms with Crippen LogP contribution in [0.5, 0.6) is 0 Å². The van der Waals surface area contributed by atoms with E-state index in [2.05, 4.69) is 15.5 Å². The number of rotatable bonds is 7. The molecule has 0 fully saturated rings. The van der Waals surface area contributed by atoms with Gasteiger partial charge in [0.05, 0.1) is 18.8 Å². The number of benzene rings is 1. The first-order valence-electron chi connectivity index (χ1n) is 6.83. The summed E-state index contributed by atoms with van der Waals surface area (Å²) >= 11 is 14.3. The Labute approximate surface area is 156 Å². The molecule has 0 bridgehead atoms. The quantitative estimate of drug-likeness (QED) is 0.429. The van der Waals surface area contributed by atoms with Gasteiger partial charge in [-0.3, -0.25) is 9.59 Å². The molecule has 0 aliphatic rings. The molecular weight excluding hydrogens is 393 g/mol. The molecule has 6 nitrogen and oxygen atoms in total. The number of amides is 1. The van der Waals surface area contributed by atoms with Gasteiger partial charge < -0.3 is 10.1 Å². The van der Waals surface area contributed by atoms with E-state index < -0.39 is 0 Å². The average Bonchev–Trinajstić information content (AvgIpc) is 2.96. The van der Waals surface area contributed by atoms with Crippen LogP contribution in [0, 0.1) is 0 Å². The third-order valence-electron chi connectivity index (χ3n) is 2.64. The molecule has 0 saturated heterocycles. The van der Waals surface area contributed by atoms with E-state index in [1.165, 1.54) is 23.1 Å². The van der Waals surface area contributed by atoms with Crippen molar-refractivity contribution in [3.8, 4) is 0 Å². The molecule has 1 amide bonds. The predicted octanol–water partition coefficient (Wildman–Crippen LogP) is 3.68. The Morgan fingerprint density at radius 2 is 2.12 bits per heavy atom. The molecule has 2 rings (SSSR count). The van der Waals surface area contributed by atoms with Gasteiger partial charge in [0.25, 0.3) is 0 Å². The number of ether oxygens (including phenoxy) is 1. The first kappa shape index (κ1) is 19.0. The summed E-state index contributed by atoms with van der Waals surface area (Å²) < 4.78 is 5.40. The largest absolute Gasteiger partial charge is 0.465 e. The maximum absolute atomic E-state index is 12.0. The molecule has 1 N–H and O–H groups in total. The van der Waals surface area contributed by atoms with Gasteiger partial charge in [-0.15, -0.1) is 10.2 Å². The van der Waals surface area contributed by atoms with Gasteiger partial charge >= 0.3 is 5.97 Å². The SMILES string of the molecule is CCOC(=O)CSc1nnc(NC(=O)Cc2ccc(Cl)cc2Cl)s1. The lowest BCUT2D eigenvalue weighted by atomic mass is 10.1. The van der Waals surface area contributed by atoms with Crippen molar-refractivity contribution in [2.75, 3.05) is 17.7 Å². The summed E-state index contributed by atoms with van der Waals surface area (Å²) in [6.07, 6.45) is 0.0981. The van der Waals surface area contributed by atoms with E-state index in [1.807, 2.05) is 0 Å². The van der Waals surface area contributed by atoms with Crippen LogP contribution in [0.1, 0.15) is 12.5 Å². The topological polar surface area (TPSA) is 81.2 Å².